The standard InChI is InChI=1S/C44H70N16O9/c1-4-24(2)35(41(69)56-30(36(45)64)8-5-19-52-42(46)47)60-38(66)32(10-7-21-54-44(50)51)57-39(67)33(22-26-11-15-28(62)16-12-26)59-40(68)34(23-27-13-17-29(63)18-14-27)58-37(65)31(55-25(3)61)9-6-20-53-43(48)49/h11-18,24,30-35,62-63H,4-10,19-23H2,1-3H3,(H2,45,64)(H,55,61)(H,56,69)(H,57,67)(H,58,65)(H,59,68)(H,60,66)(H4,46,47,52)(H4,48,49,53)(H4,50,51,54)/t24-,30-,31-,32-,33-,34-,35-/m0/s1. The number of guanidine groups is 3. The third-order valence-electron chi connectivity index (χ3n) is 10.6. The average molecular weight is 967 g/mol. The second-order valence-corrected chi connectivity index (χ2v) is 16.4. The topological polar surface area (TPSA) is 451 Å². The van der Waals surface area contributed by atoms with Crippen LogP contribution in [-0.2, 0) is 46.4 Å². The fourth-order valence-electron chi connectivity index (χ4n) is 6.77. The third kappa shape index (κ3) is 22.5. The van der Waals surface area contributed by atoms with Crippen LogP contribution in [0.5, 0.6) is 11.5 Å². The van der Waals surface area contributed by atoms with Crippen molar-refractivity contribution in [1.29, 1.82) is 0 Å². The third-order valence-corrected chi connectivity index (χ3v) is 10.6. The minimum absolute atomic E-state index is 0.0531. The molecule has 0 fully saturated rings. The number of nitrogens with zero attached hydrogens (tertiary/aromatic N) is 3. The van der Waals surface area contributed by atoms with Crippen molar-refractivity contribution in [3.8, 4) is 11.5 Å². The molecule has 2 rings (SSSR count). The Bertz CT molecular complexity index is 2110. The zero-order valence-corrected chi connectivity index (χ0v) is 39.3. The Balaban J connectivity index is 2.55. The molecule has 22 N–H and O–H groups in total. The molecule has 0 aliphatic carbocycles. The summed E-state index contributed by atoms with van der Waals surface area (Å²) in [5, 5.41) is 35.9. The number of nitrogens with two attached hydrogens (primary N) is 7. The van der Waals surface area contributed by atoms with Crippen molar-refractivity contribution in [1.82, 2.24) is 31.9 Å². The van der Waals surface area contributed by atoms with E-state index in [4.69, 9.17) is 40.1 Å². The summed E-state index contributed by atoms with van der Waals surface area (Å²) < 4.78 is 0. The smallest absolute Gasteiger partial charge is 0.243 e. The van der Waals surface area contributed by atoms with Crippen LogP contribution >= 0.6 is 0 Å². The predicted molar refractivity (Wildman–Crippen MR) is 259 cm³/mol. The lowest BCUT2D eigenvalue weighted by molar-refractivity contribution is -0.136. The molecule has 0 aliphatic rings. The molecule has 25 heteroatoms. The van der Waals surface area contributed by atoms with Gasteiger partial charge in [-0.1, -0.05) is 44.5 Å². The van der Waals surface area contributed by atoms with Gasteiger partial charge in [-0.15, -0.1) is 0 Å². The summed E-state index contributed by atoms with van der Waals surface area (Å²) >= 11 is 0. The maximum absolute atomic E-state index is 14.5. The molecule has 0 bridgehead atoms. The van der Waals surface area contributed by atoms with Gasteiger partial charge in [0.15, 0.2) is 17.9 Å². The highest BCUT2D eigenvalue weighted by atomic mass is 16.3. The van der Waals surface area contributed by atoms with Crippen LogP contribution < -0.4 is 72.0 Å². The maximum Gasteiger partial charge on any atom is 0.243 e. The van der Waals surface area contributed by atoms with Crippen molar-refractivity contribution >= 4 is 59.2 Å². The van der Waals surface area contributed by atoms with Gasteiger partial charge in [0.25, 0.3) is 0 Å². The molecule has 0 saturated carbocycles. The molecule has 0 aliphatic heterocycles. The van der Waals surface area contributed by atoms with Crippen LogP contribution in [0.25, 0.3) is 0 Å². The lowest BCUT2D eigenvalue weighted by atomic mass is 9.96. The summed E-state index contributed by atoms with van der Waals surface area (Å²) in [4.78, 5) is 107. The summed E-state index contributed by atoms with van der Waals surface area (Å²) in [5.74, 6) is -6.46. The van der Waals surface area contributed by atoms with Gasteiger partial charge in [-0.2, -0.15) is 0 Å². The quantitative estimate of drug-likeness (QED) is 0.0205. The molecular weight excluding hydrogens is 897 g/mol. The molecule has 0 saturated heterocycles. The zero-order valence-electron chi connectivity index (χ0n) is 39.3. The number of carbonyl (C=O) groups is 7. The van der Waals surface area contributed by atoms with Crippen LogP contribution in [0, 0.1) is 5.92 Å². The summed E-state index contributed by atoms with van der Waals surface area (Å²) in [7, 11) is 0. The van der Waals surface area contributed by atoms with Crippen LogP contribution in [-0.4, -0.2) is 125 Å². The Morgan fingerprint density at radius 3 is 1.19 bits per heavy atom. The average Bonchev–Trinajstić information content (AvgIpc) is 3.28. The number of hydrogen-bond acceptors (Lipinski definition) is 12. The minimum Gasteiger partial charge on any atom is -0.508 e. The van der Waals surface area contributed by atoms with Crippen LogP contribution in [0.4, 0.5) is 0 Å². The number of hydrogen-bond donors (Lipinski definition) is 15. The van der Waals surface area contributed by atoms with E-state index in [1.54, 1.807) is 13.8 Å². The zero-order chi connectivity index (χ0) is 51.6. The lowest BCUT2D eigenvalue weighted by Gasteiger charge is -2.29. The van der Waals surface area contributed by atoms with Gasteiger partial charge in [0, 0.05) is 39.4 Å². The van der Waals surface area contributed by atoms with Crippen LogP contribution in [0.15, 0.2) is 63.5 Å². The number of phenolic OH excluding ortho intramolecular Hbond substituents is 2. The van der Waals surface area contributed by atoms with Crippen molar-refractivity contribution in [3.05, 3.63) is 59.7 Å². The van der Waals surface area contributed by atoms with Crippen molar-refractivity contribution < 1.29 is 43.8 Å². The fourth-order valence-corrected chi connectivity index (χ4v) is 6.77. The van der Waals surface area contributed by atoms with Gasteiger partial charge in [0.2, 0.25) is 41.4 Å². The Morgan fingerprint density at radius 1 is 0.493 bits per heavy atom. The number of aliphatic imine (C=N–C) groups is 3. The number of amides is 7. The first-order chi connectivity index (χ1) is 32.6. The highest BCUT2D eigenvalue weighted by Gasteiger charge is 2.34. The van der Waals surface area contributed by atoms with Crippen molar-refractivity contribution in [3.63, 3.8) is 0 Å². The first-order valence-electron chi connectivity index (χ1n) is 22.4. The highest BCUT2D eigenvalue weighted by Crippen LogP contribution is 2.16. The van der Waals surface area contributed by atoms with E-state index in [0.29, 0.717) is 24.0 Å². The minimum atomic E-state index is -1.44. The predicted octanol–water partition coefficient (Wildman–Crippen LogP) is -3.50. The first-order valence-corrected chi connectivity index (χ1v) is 22.4. The molecule has 0 unspecified atom stereocenters. The number of primary amides is 1. The summed E-state index contributed by atoms with van der Waals surface area (Å²) in [6.07, 6.45) is 0.909. The van der Waals surface area contributed by atoms with Gasteiger partial charge >= 0.3 is 0 Å². The van der Waals surface area contributed by atoms with Crippen molar-refractivity contribution in [2.24, 2.45) is 61.0 Å². The lowest BCUT2D eigenvalue weighted by Crippen LogP contribution is -2.61. The van der Waals surface area contributed by atoms with Gasteiger partial charge < -0.3 is 82.2 Å². The monoisotopic (exact) mass is 967 g/mol. The van der Waals surface area contributed by atoms with E-state index < -0.39 is 83.5 Å². The molecule has 69 heavy (non-hydrogen) atoms. The van der Waals surface area contributed by atoms with E-state index in [1.165, 1.54) is 55.5 Å². The molecule has 0 spiro atoms. The number of aromatic hydroxyl groups is 2. The number of benzene rings is 2. The Morgan fingerprint density at radius 2 is 0.826 bits per heavy atom. The second kappa shape index (κ2) is 29.7. The first kappa shape index (κ1) is 57.3. The number of rotatable bonds is 30. The molecule has 0 radical (unpaired) electrons. The van der Waals surface area contributed by atoms with E-state index >= 15 is 0 Å². The molecular formula is C44H70N16O9. The molecule has 7 amide bonds. The number of phenols is 2. The van der Waals surface area contributed by atoms with Gasteiger partial charge in [0.1, 0.15) is 47.8 Å². The van der Waals surface area contributed by atoms with E-state index in [1.807, 2.05) is 0 Å². The normalized spacial score (nSPS) is 13.8. The SMILES string of the molecule is CC[C@H](C)[C@H](NC(=O)[C@H](CCCN=C(N)N)NC(=O)[C@H](Cc1ccc(O)cc1)NC(=O)[C@H](Cc1ccc(O)cc1)NC(=O)[C@H](CCCN=C(N)N)NC(C)=O)C(=O)N[C@@H](CCCN=C(N)N)C(N)=O. The van der Waals surface area contributed by atoms with E-state index in [0.717, 1.165) is 0 Å². The Labute approximate surface area is 400 Å². The Hall–Kier alpha value is -7.86. The van der Waals surface area contributed by atoms with Crippen LogP contribution in [0.1, 0.15) is 76.8 Å². The van der Waals surface area contributed by atoms with E-state index in [2.05, 4.69) is 46.9 Å². The van der Waals surface area contributed by atoms with Gasteiger partial charge in [-0.25, -0.2) is 0 Å². The molecule has 380 valence electrons. The number of carbonyl (C=O) groups excluding carboxylic acids is 7. The fraction of sp³-hybridized carbons (Fsp3) is 0.500. The number of nitrogens with one attached hydrogen (secondary N) is 6. The van der Waals surface area contributed by atoms with E-state index in [9.17, 15) is 43.8 Å². The molecule has 0 aromatic heterocycles. The van der Waals surface area contributed by atoms with Crippen LogP contribution in [0.3, 0.4) is 0 Å². The highest BCUT2D eigenvalue weighted by molar-refractivity contribution is 5.97. The molecule has 2 aromatic rings. The largest absolute Gasteiger partial charge is 0.508 e. The van der Waals surface area contributed by atoms with Crippen molar-refractivity contribution in [2.75, 3.05) is 19.6 Å². The molecule has 0 heterocycles. The Kier molecular flexibility index (Phi) is 24.7. The van der Waals surface area contributed by atoms with Crippen LogP contribution in [0.2, 0.25) is 0 Å². The maximum atomic E-state index is 14.5. The van der Waals surface area contributed by atoms with E-state index in [-0.39, 0.29) is 94.0 Å². The van der Waals surface area contributed by atoms with Gasteiger partial charge in [0.05, 0.1) is 0 Å². The van der Waals surface area contributed by atoms with Gasteiger partial charge in [-0.05, 0) is 79.8 Å². The molecule has 7 atom stereocenters. The molecule has 2 aromatic carbocycles. The summed E-state index contributed by atoms with van der Waals surface area (Å²) in [6.45, 7) is 5.08. The second-order valence-electron chi connectivity index (χ2n) is 16.4. The summed E-state index contributed by atoms with van der Waals surface area (Å²) in [5.41, 5.74) is 39.2. The molecule has 25 nitrogen and oxygen atoms in total. The van der Waals surface area contributed by atoms with Crippen molar-refractivity contribution in [2.45, 2.75) is 115 Å². The van der Waals surface area contributed by atoms with Gasteiger partial charge in [-0.3, -0.25) is 48.5 Å². The summed E-state index contributed by atoms with van der Waals surface area (Å²) in [6, 6.07) is 3.98.